The van der Waals surface area contributed by atoms with Gasteiger partial charge in [0, 0.05) is 22.6 Å². The van der Waals surface area contributed by atoms with E-state index in [9.17, 15) is 4.79 Å². The second kappa shape index (κ2) is 10.2. The minimum absolute atomic E-state index is 0.109. The Balaban J connectivity index is 1.43. The first-order chi connectivity index (χ1) is 16.0. The third kappa shape index (κ3) is 5.51. The SMILES string of the molecule is COc1ccc(-c2ccnc(SC(C)c3ccc(C(=O)Nc4ccccc4N)cc3)n2)cc1. The number of nitrogens with one attached hydrogen (secondary N) is 1. The number of hydrogen-bond acceptors (Lipinski definition) is 6. The number of nitrogens with two attached hydrogens (primary N) is 1. The summed E-state index contributed by atoms with van der Waals surface area (Å²) in [6, 6.07) is 24.4. The van der Waals surface area contributed by atoms with Crippen LogP contribution >= 0.6 is 11.8 Å². The van der Waals surface area contributed by atoms with Gasteiger partial charge in [-0.2, -0.15) is 0 Å². The Bertz CT molecular complexity index is 1240. The topological polar surface area (TPSA) is 90.1 Å². The Morgan fingerprint density at radius 1 is 1.00 bits per heavy atom. The number of nitrogen functional groups attached to an aromatic ring is 1. The molecule has 1 heterocycles. The molecule has 1 amide bonds. The summed E-state index contributed by atoms with van der Waals surface area (Å²) in [4.78, 5) is 21.7. The molecule has 6 nitrogen and oxygen atoms in total. The van der Waals surface area contributed by atoms with Gasteiger partial charge >= 0.3 is 0 Å². The molecule has 0 aliphatic heterocycles. The van der Waals surface area contributed by atoms with Crippen LogP contribution in [0.4, 0.5) is 11.4 Å². The fourth-order valence-electron chi connectivity index (χ4n) is 3.26. The van der Waals surface area contributed by atoms with E-state index in [4.69, 9.17) is 15.5 Å². The zero-order valence-corrected chi connectivity index (χ0v) is 19.2. The van der Waals surface area contributed by atoms with Crippen LogP contribution in [0.3, 0.4) is 0 Å². The molecular formula is C26H24N4O2S. The lowest BCUT2D eigenvalue weighted by Crippen LogP contribution is -2.13. The van der Waals surface area contributed by atoms with Gasteiger partial charge in [0.2, 0.25) is 0 Å². The van der Waals surface area contributed by atoms with E-state index < -0.39 is 0 Å². The van der Waals surface area contributed by atoms with E-state index in [1.54, 1.807) is 37.2 Å². The lowest BCUT2D eigenvalue weighted by Gasteiger charge is -2.12. The number of methoxy groups -OCH3 is 1. The summed E-state index contributed by atoms with van der Waals surface area (Å²) in [6.45, 7) is 2.09. The predicted octanol–water partition coefficient (Wildman–Crippen LogP) is 5.84. The number of nitrogens with zero attached hydrogens (tertiary/aromatic N) is 2. The molecular weight excluding hydrogens is 432 g/mol. The van der Waals surface area contributed by atoms with Crippen LogP contribution in [0.1, 0.15) is 28.1 Å². The molecule has 1 aromatic heterocycles. The molecule has 3 aromatic carbocycles. The first-order valence-electron chi connectivity index (χ1n) is 10.4. The molecule has 0 aliphatic rings. The van der Waals surface area contributed by atoms with Crippen molar-refractivity contribution in [3.8, 4) is 17.0 Å². The van der Waals surface area contributed by atoms with E-state index in [0.717, 1.165) is 22.6 Å². The maximum absolute atomic E-state index is 12.6. The van der Waals surface area contributed by atoms with Crippen LogP contribution in [-0.2, 0) is 0 Å². The molecule has 4 rings (SSSR count). The average Bonchev–Trinajstić information content (AvgIpc) is 2.85. The van der Waals surface area contributed by atoms with Crippen LogP contribution in [-0.4, -0.2) is 23.0 Å². The second-order valence-corrected chi connectivity index (χ2v) is 8.68. The normalized spacial score (nSPS) is 11.6. The number of para-hydroxylation sites is 2. The minimum atomic E-state index is -0.199. The van der Waals surface area contributed by atoms with Gasteiger partial charge in [0.1, 0.15) is 5.75 Å². The number of thioether (sulfide) groups is 1. The van der Waals surface area contributed by atoms with Crippen molar-refractivity contribution in [2.24, 2.45) is 0 Å². The van der Waals surface area contributed by atoms with Crippen molar-refractivity contribution >= 4 is 29.0 Å². The fourth-order valence-corrected chi connectivity index (χ4v) is 4.14. The zero-order chi connectivity index (χ0) is 23.2. The van der Waals surface area contributed by atoms with Crippen LogP contribution in [0.2, 0.25) is 0 Å². The lowest BCUT2D eigenvalue weighted by molar-refractivity contribution is 0.102. The van der Waals surface area contributed by atoms with Gasteiger partial charge in [0.25, 0.3) is 5.91 Å². The van der Waals surface area contributed by atoms with Gasteiger partial charge in [-0.15, -0.1) is 0 Å². The minimum Gasteiger partial charge on any atom is -0.497 e. The molecule has 0 aliphatic carbocycles. The summed E-state index contributed by atoms with van der Waals surface area (Å²) in [5.74, 6) is 0.607. The molecule has 166 valence electrons. The molecule has 1 atom stereocenters. The van der Waals surface area contributed by atoms with E-state index in [2.05, 4.69) is 17.2 Å². The van der Waals surface area contributed by atoms with E-state index in [1.165, 1.54) is 0 Å². The van der Waals surface area contributed by atoms with Crippen molar-refractivity contribution in [3.05, 3.63) is 96.2 Å². The number of rotatable bonds is 7. The van der Waals surface area contributed by atoms with Gasteiger partial charge in [-0.1, -0.05) is 36.0 Å². The number of aromatic nitrogens is 2. The third-order valence-electron chi connectivity index (χ3n) is 5.15. The van der Waals surface area contributed by atoms with E-state index in [-0.39, 0.29) is 11.2 Å². The van der Waals surface area contributed by atoms with Gasteiger partial charge in [-0.05, 0) is 67.1 Å². The number of amides is 1. The molecule has 33 heavy (non-hydrogen) atoms. The number of anilines is 2. The molecule has 0 radical (unpaired) electrons. The number of benzene rings is 3. The summed E-state index contributed by atoms with van der Waals surface area (Å²) < 4.78 is 5.22. The molecule has 0 saturated heterocycles. The van der Waals surface area contributed by atoms with Crippen molar-refractivity contribution in [3.63, 3.8) is 0 Å². The van der Waals surface area contributed by atoms with Crippen LogP contribution in [0.25, 0.3) is 11.3 Å². The van der Waals surface area contributed by atoms with Gasteiger partial charge in [0.15, 0.2) is 5.16 Å². The summed E-state index contributed by atoms with van der Waals surface area (Å²) in [6.07, 6.45) is 1.77. The Kier molecular flexibility index (Phi) is 6.90. The van der Waals surface area contributed by atoms with E-state index in [0.29, 0.717) is 22.1 Å². The van der Waals surface area contributed by atoms with Crippen LogP contribution in [0.5, 0.6) is 5.75 Å². The highest BCUT2D eigenvalue weighted by Gasteiger charge is 2.13. The predicted molar refractivity (Wildman–Crippen MR) is 134 cm³/mol. The second-order valence-electron chi connectivity index (χ2n) is 7.38. The fraction of sp³-hybridized carbons (Fsp3) is 0.115. The third-order valence-corrected chi connectivity index (χ3v) is 6.19. The van der Waals surface area contributed by atoms with Gasteiger partial charge in [-0.25, -0.2) is 9.97 Å². The van der Waals surface area contributed by atoms with Crippen molar-refractivity contribution < 1.29 is 9.53 Å². The first kappa shape index (κ1) is 22.4. The summed E-state index contributed by atoms with van der Waals surface area (Å²) in [5.41, 5.74) is 10.5. The smallest absolute Gasteiger partial charge is 0.255 e. The van der Waals surface area contributed by atoms with E-state index in [1.807, 2.05) is 66.7 Å². The largest absolute Gasteiger partial charge is 0.497 e. The monoisotopic (exact) mass is 456 g/mol. The average molecular weight is 457 g/mol. The Morgan fingerprint density at radius 3 is 2.42 bits per heavy atom. The molecule has 0 bridgehead atoms. The van der Waals surface area contributed by atoms with Crippen molar-refractivity contribution in [1.82, 2.24) is 9.97 Å². The Morgan fingerprint density at radius 2 is 1.73 bits per heavy atom. The van der Waals surface area contributed by atoms with Gasteiger partial charge in [-0.3, -0.25) is 4.79 Å². The summed E-state index contributed by atoms with van der Waals surface area (Å²) >= 11 is 1.57. The molecule has 7 heteroatoms. The highest BCUT2D eigenvalue weighted by molar-refractivity contribution is 7.99. The van der Waals surface area contributed by atoms with E-state index >= 15 is 0 Å². The molecule has 0 saturated carbocycles. The van der Waals surface area contributed by atoms with Crippen molar-refractivity contribution in [1.29, 1.82) is 0 Å². The maximum atomic E-state index is 12.6. The van der Waals surface area contributed by atoms with Crippen LogP contribution in [0.15, 0.2) is 90.2 Å². The van der Waals surface area contributed by atoms with Crippen molar-refractivity contribution in [2.75, 3.05) is 18.2 Å². The highest BCUT2D eigenvalue weighted by Crippen LogP contribution is 2.33. The Hall–Kier alpha value is -3.84. The van der Waals surface area contributed by atoms with Gasteiger partial charge in [0.05, 0.1) is 24.2 Å². The molecule has 3 N–H and O–H groups in total. The summed E-state index contributed by atoms with van der Waals surface area (Å²) in [5, 5.41) is 3.65. The number of carbonyl (C=O) groups is 1. The lowest BCUT2D eigenvalue weighted by atomic mass is 10.1. The van der Waals surface area contributed by atoms with Crippen molar-refractivity contribution in [2.45, 2.75) is 17.3 Å². The van der Waals surface area contributed by atoms with Crippen LogP contribution in [0, 0.1) is 0 Å². The molecule has 1 unspecified atom stereocenters. The molecule has 0 fully saturated rings. The summed E-state index contributed by atoms with van der Waals surface area (Å²) in [7, 11) is 1.65. The molecule has 0 spiro atoms. The standard InChI is InChI=1S/C26H24N4O2S/c1-17(33-26-28-16-15-23(30-26)19-11-13-21(32-2)14-12-19)18-7-9-20(10-8-18)25(31)29-24-6-4-3-5-22(24)27/h3-17H,27H2,1-2H3,(H,29,31). The molecule has 4 aromatic rings. The zero-order valence-electron chi connectivity index (χ0n) is 18.4. The van der Waals surface area contributed by atoms with Gasteiger partial charge < -0.3 is 15.8 Å². The number of ether oxygens (including phenoxy) is 1. The Labute approximate surface area is 197 Å². The highest BCUT2D eigenvalue weighted by atomic mass is 32.2. The van der Waals surface area contributed by atoms with Crippen LogP contribution < -0.4 is 15.8 Å². The maximum Gasteiger partial charge on any atom is 0.255 e. The quantitative estimate of drug-likeness (QED) is 0.206. The number of hydrogen-bond donors (Lipinski definition) is 2. The first-order valence-corrected chi connectivity index (χ1v) is 11.3. The number of carbonyl (C=O) groups excluding carboxylic acids is 1.